The van der Waals surface area contributed by atoms with Crippen molar-refractivity contribution in [3.8, 4) is 0 Å². The Labute approximate surface area is 137 Å². The lowest BCUT2D eigenvalue weighted by Gasteiger charge is -2.66. The van der Waals surface area contributed by atoms with E-state index in [1.54, 1.807) is 0 Å². The first-order chi connectivity index (χ1) is 10.8. The first-order valence-corrected chi connectivity index (χ1v) is 8.84. The lowest BCUT2D eigenvalue weighted by Crippen LogP contribution is -2.73. The molecule has 0 amide bonds. The first-order valence-electron chi connectivity index (χ1n) is 8.84. The Morgan fingerprint density at radius 2 is 1.78 bits per heavy atom. The van der Waals surface area contributed by atoms with Gasteiger partial charge < -0.3 is 13.7 Å². The molecular weight excluding hydrogens is 293 g/mol. The quantitative estimate of drug-likeness (QED) is 0.731. The maximum absolute atomic E-state index is 12.2. The zero-order valence-electron chi connectivity index (χ0n) is 14.5. The van der Waals surface area contributed by atoms with Crippen LogP contribution in [0.1, 0.15) is 40.5 Å². The number of rotatable bonds is 2. The highest BCUT2D eigenvalue weighted by molar-refractivity contribution is 6.71. The summed E-state index contributed by atoms with van der Waals surface area (Å²) < 4.78 is 11.7. The molecule has 0 aromatic heterocycles. The molecule has 2 aliphatic heterocycles. The van der Waals surface area contributed by atoms with E-state index in [2.05, 4.69) is 20.8 Å². The van der Waals surface area contributed by atoms with Crippen LogP contribution in [0.3, 0.4) is 0 Å². The summed E-state index contributed by atoms with van der Waals surface area (Å²) in [7, 11) is 0. The van der Waals surface area contributed by atoms with E-state index in [1.165, 1.54) is 6.42 Å². The van der Waals surface area contributed by atoms with Crippen molar-refractivity contribution in [1.82, 2.24) is 0 Å². The average molecular weight is 319 g/mol. The van der Waals surface area contributed by atoms with Gasteiger partial charge in [-0.3, -0.25) is 9.59 Å². The molecule has 5 aliphatic rings. The number of fused-ring (bicyclic) bond motifs is 4. The third-order valence-corrected chi connectivity index (χ3v) is 7.57. The summed E-state index contributed by atoms with van der Waals surface area (Å²) in [5, 5.41) is 0. The van der Waals surface area contributed by atoms with Gasteiger partial charge in [-0.2, -0.15) is 0 Å². The highest BCUT2D eigenvalue weighted by Gasteiger charge is 2.71. The molecule has 5 fully saturated rings. The summed E-state index contributed by atoms with van der Waals surface area (Å²) in [6, 6.07) is 0.265. The van der Waals surface area contributed by atoms with Crippen LogP contribution in [-0.2, 0) is 18.9 Å². The Bertz CT molecular complexity index is 594. The lowest BCUT2D eigenvalue weighted by atomic mass is 9.43. The van der Waals surface area contributed by atoms with Crippen LogP contribution < -0.4 is 0 Å². The van der Waals surface area contributed by atoms with E-state index in [9.17, 15) is 9.59 Å². The van der Waals surface area contributed by atoms with Crippen LogP contribution in [-0.4, -0.2) is 42.2 Å². The fourth-order valence-corrected chi connectivity index (χ4v) is 6.27. The molecule has 2 bridgehead atoms. The predicted octanol–water partition coefficient (Wildman–Crippen LogP) is 2.04. The van der Waals surface area contributed by atoms with E-state index in [-0.39, 0.29) is 31.1 Å². The summed E-state index contributed by atoms with van der Waals surface area (Å²) >= 11 is 0. The number of nitrogens with zero attached hydrogens (tertiary/aromatic N) is 1. The number of carbonyl (C=O) groups excluding carboxylic acids is 2. The van der Waals surface area contributed by atoms with Crippen molar-refractivity contribution in [3.05, 3.63) is 12.1 Å². The fourth-order valence-electron chi connectivity index (χ4n) is 6.27. The Morgan fingerprint density at radius 1 is 1.17 bits per heavy atom. The minimum Gasteiger partial charge on any atom is -0.596 e. The highest BCUT2D eigenvalue weighted by atomic mass is 16.7. The standard InChI is InChI=1S/C17H26BNO4/c1-5-6-18-19(9-15(20)22-18,10-16(21)23-18)14-8-12-7-13(11(14)2)17(12,3)4/h5-6,11-14H,7-10H2,1-4H3/b6-5+/t11-,12+,13?,14?,18?,19?/m1/s1. The van der Waals surface area contributed by atoms with Crippen LogP contribution in [0.5, 0.6) is 0 Å². The Hall–Kier alpha value is -1.30. The Balaban J connectivity index is 1.77. The van der Waals surface area contributed by atoms with E-state index < -0.39 is 6.69 Å². The van der Waals surface area contributed by atoms with Gasteiger partial charge in [0.15, 0.2) is 0 Å². The summed E-state index contributed by atoms with van der Waals surface area (Å²) in [5.74, 6) is 3.15. The second-order valence-corrected chi connectivity index (χ2v) is 8.68. The maximum Gasteiger partial charge on any atom is 0.607 e. The van der Waals surface area contributed by atoms with Crippen molar-refractivity contribution in [2.45, 2.75) is 46.6 Å². The van der Waals surface area contributed by atoms with Gasteiger partial charge in [-0.1, -0.05) is 26.7 Å². The second-order valence-electron chi connectivity index (χ2n) is 8.68. The summed E-state index contributed by atoms with van der Waals surface area (Å²) in [5.41, 5.74) is 0.375. The first kappa shape index (κ1) is 15.2. The molecule has 0 spiro atoms. The average Bonchev–Trinajstić information content (AvgIpc) is 2.84. The molecule has 6 heteroatoms. The van der Waals surface area contributed by atoms with Crippen molar-refractivity contribution in [1.29, 1.82) is 0 Å². The normalized spacial score (nSPS) is 50.4. The molecule has 3 aliphatic carbocycles. The second kappa shape index (κ2) is 4.41. The van der Waals surface area contributed by atoms with E-state index in [1.807, 2.05) is 19.0 Å². The molecule has 2 saturated heterocycles. The zero-order chi connectivity index (χ0) is 16.6. The van der Waals surface area contributed by atoms with E-state index in [0.717, 1.165) is 6.42 Å². The minimum atomic E-state index is -2.03. The summed E-state index contributed by atoms with van der Waals surface area (Å²) in [4.78, 5) is 24.3. The summed E-state index contributed by atoms with van der Waals surface area (Å²) in [6.07, 6.45) is 4.18. The number of hydrogen-bond acceptors (Lipinski definition) is 4. The molecule has 3 saturated carbocycles. The third-order valence-electron chi connectivity index (χ3n) is 7.57. The molecular formula is C17H26BNO4. The largest absolute Gasteiger partial charge is 0.607 e. The van der Waals surface area contributed by atoms with E-state index in [4.69, 9.17) is 9.31 Å². The monoisotopic (exact) mass is 319 g/mol. The molecule has 2 unspecified atom stereocenters. The van der Waals surface area contributed by atoms with Crippen LogP contribution in [0.4, 0.5) is 0 Å². The fraction of sp³-hybridized carbons (Fsp3) is 0.765. The van der Waals surface area contributed by atoms with Gasteiger partial charge in [0.1, 0.15) is 13.1 Å². The van der Waals surface area contributed by atoms with Crippen molar-refractivity contribution in [2.75, 3.05) is 13.1 Å². The molecule has 0 N–H and O–H groups in total. The molecule has 23 heavy (non-hydrogen) atoms. The van der Waals surface area contributed by atoms with Crippen LogP contribution in [0.15, 0.2) is 12.1 Å². The highest BCUT2D eigenvalue weighted by Crippen LogP contribution is 2.64. The molecule has 0 aromatic carbocycles. The Kier molecular flexibility index (Phi) is 2.92. The van der Waals surface area contributed by atoms with Gasteiger partial charge in [0.05, 0.1) is 6.04 Å². The zero-order valence-corrected chi connectivity index (χ0v) is 14.5. The minimum absolute atomic E-state index is 0.235. The molecule has 5 rings (SSSR count). The SMILES string of the molecule is C/C=C/[B-]12OC(=O)C[N+]1(C1C[C@@H]3CC([C@H]1C)C3(C)C)CC(=O)O2. The molecule has 5 nitrogen and oxygen atoms in total. The third kappa shape index (κ3) is 1.68. The topological polar surface area (TPSA) is 52.6 Å². The van der Waals surface area contributed by atoms with Crippen molar-refractivity contribution >= 4 is 18.6 Å². The van der Waals surface area contributed by atoms with Crippen molar-refractivity contribution < 1.29 is 23.3 Å². The van der Waals surface area contributed by atoms with Crippen molar-refractivity contribution in [2.24, 2.45) is 23.2 Å². The van der Waals surface area contributed by atoms with Gasteiger partial charge >= 0.3 is 18.6 Å². The van der Waals surface area contributed by atoms with Crippen LogP contribution in [0, 0.1) is 23.2 Å². The predicted molar refractivity (Wildman–Crippen MR) is 85.7 cm³/mol. The van der Waals surface area contributed by atoms with Gasteiger partial charge in [-0.05, 0) is 37.0 Å². The van der Waals surface area contributed by atoms with E-state index in [0.29, 0.717) is 27.6 Å². The van der Waals surface area contributed by atoms with Gasteiger partial charge in [0.2, 0.25) is 0 Å². The summed E-state index contributed by atoms with van der Waals surface area (Å²) in [6.45, 7) is 7.41. The lowest BCUT2D eigenvalue weighted by molar-refractivity contribution is -0.850. The van der Waals surface area contributed by atoms with E-state index >= 15 is 0 Å². The molecule has 0 radical (unpaired) electrons. The Morgan fingerprint density at radius 3 is 2.26 bits per heavy atom. The number of hydrogen-bond donors (Lipinski definition) is 0. The number of allylic oxidation sites excluding steroid dienone is 1. The molecule has 4 atom stereocenters. The van der Waals surface area contributed by atoms with Gasteiger partial charge in [-0.25, -0.2) is 0 Å². The van der Waals surface area contributed by atoms with Crippen LogP contribution in [0.25, 0.3) is 0 Å². The van der Waals surface area contributed by atoms with Crippen LogP contribution in [0.2, 0.25) is 0 Å². The number of quaternary nitrogens is 1. The maximum atomic E-state index is 12.2. The number of carbonyl (C=O) groups is 2. The van der Waals surface area contributed by atoms with Gasteiger partial charge in [-0.15, -0.1) is 6.08 Å². The molecule has 126 valence electrons. The molecule has 0 aromatic rings. The molecule has 2 heterocycles. The van der Waals surface area contributed by atoms with Gasteiger partial charge in [0.25, 0.3) is 0 Å². The smallest absolute Gasteiger partial charge is 0.596 e. The van der Waals surface area contributed by atoms with Crippen LogP contribution >= 0.6 is 0 Å². The van der Waals surface area contributed by atoms with Crippen molar-refractivity contribution in [3.63, 3.8) is 0 Å². The van der Waals surface area contributed by atoms with Gasteiger partial charge in [0, 0.05) is 5.92 Å².